The minimum absolute atomic E-state index is 0.209. The second-order valence-electron chi connectivity index (χ2n) is 9.05. The van der Waals surface area contributed by atoms with Crippen LogP contribution in [0.25, 0.3) is 28.2 Å². The Labute approximate surface area is 207 Å². The number of ketones is 1. The lowest BCUT2D eigenvalue weighted by molar-refractivity contribution is 0.0978. The van der Waals surface area contributed by atoms with E-state index >= 15 is 0 Å². The van der Waals surface area contributed by atoms with E-state index in [4.69, 9.17) is 11.6 Å². The molecule has 34 heavy (non-hydrogen) atoms. The highest BCUT2D eigenvalue weighted by molar-refractivity contribution is 6.30. The number of halogens is 1. The summed E-state index contributed by atoms with van der Waals surface area (Å²) >= 11 is 6.14. The van der Waals surface area contributed by atoms with Gasteiger partial charge >= 0.3 is 0 Å². The van der Waals surface area contributed by atoms with Crippen LogP contribution >= 0.6 is 11.6 Å². The molecule has 0 aliphatic carbocycles. The number of hydrogen-bond acceptors (Lipinski definition) is 2. The normalized spacial score (nSPS) is 11.2. The van der Waals surface area contributed by atoms with Crippen LogP contribution in [-0.2, 0) is 0 Å². The predicted molar refractivity (Wildman–Crippen MR) is 143 cm³/mol. The van der Waals surface area contributed by atoms with Gasteiger partial charge in [0, 0.05) is 22.7 Å². The Balaban J connectivity index is 1.65. The fraction of sp³-hybridized carbons (Fsp3) is 0.233. The molecular formula is C30H31ClN2O. The van der Waals surface area contributed by atoms with Gasteiger partial charge in [-0.25, -0.2) is 0 Å². The predicted octanol–water partition coefficient (Wildman–Crippen LogP) is 7.69. The summed E-state index contributed by atoms with van der Waals surface area (Å²) in [7, 11) is 4.12. The molecule has 4 rings (SSSR count). The van der Waals surface area contributed by atoms with Gasteiger partial charge in [0.05, 0.1) is 11.4 Å². The van der Waals surface area contributed by atoms with Gasteiger partial charge < -0.3 is 9.47 Å². The minimum Gasteiger partial charge on any atom is -0.309 e. The van der Waals surface area contributed by atoms with Gasteiger partial charge in [-0.05, 0) is 93.5 Å². The smallest absolute Gasteiger partial charge is 0.162 e. The molecular weight excluding hydrogens is 440 g/mol. The maximum absolute atomic E-state index is 12.7. The van der Waals surface area contributed by atoms with Gasteiger partial charge in [0.25, 0.3) is 0 Å². The van der Waals surface area contributed by atoms with Gasteiger partial charge in [-0.3, -0.25) is 4.79 Å². The number of Topliss-reactive ketones (excluding diaryl/α,β-unsaturated/α-hetero) is 1. The molecule has 4 heteroatoms. The van der Waals surface area contributed by atoms with Crippen molar-refractivity contribution in [2.24, 2.45) is 0 Å². The van der Waals surface area contributed by atoms with Crippen molar-refractivity contribution in [1.82, 2.24) is 9.47 Å². The second-order valence-corrected chi connectivity index (χ2v) is 9.48. The summed E-state index contributed by atoms with van der Waals surface area (Å²) in [5.41, 5.74) is 7.44. The van der Waals surface area contributed by atoms with Gasteiger partial charge in [0.2, 0.25) is 0 Å². The molecule has 4 aromatic rings. The molecule has 1 heterocycles. The molecule has 0 saturated heterocycles. The number of rotatable bonds is 9. The van der Waals surface area contributed by atoms with E-state index in [1.54, 1.807) is 0 Å². The fourth-order valence-corrected chi connectivity index (χ4v) is 4.36. The summed E-state index contributed by atoms with van der Waals surface area (Å²) in [6.45, 7) is 3.12. The lowest BCUT2D eigenvalue weighted by atomic mass is 10.0. The third kappa shape index (κ3) is 5.67. The number of unbranched alkanes of at least 4 members (excludes halogenated alkanes) is 1. The average molecular weight is 471 g/mol. The molecule has 174 valence electrons. The molecule has 0 N–H and O–H groups in total. The molecule has 0 atom stereocenters. The molecule has 0 aliphatic heterocycles. The van der Waals surface area contributed by atoms with Crippen LogP contribution in [0.2, 0.25) is 5.02 Å². The topological polar surface area (TPSA) is 25.2 Å². The Hall–Kier alpha value is -3.14. The summed E-state index contributed by atoms with van der Waals surface area (Å²) in [6, 6.07) is 28.7. The summed E-state index contributed by atoms with van der Waals surface area (Å²) in [6.07, 6.45) is 2.54. The number of benzene rings is 3. The zero-order chi connectivity index (χ0) is 24.1. The number of aromatic nitrogens is 1. The number of hydrogen-bond donors (Lipinski definition) is 0. The largest absolute Gasteiger partial charge is 0.309 e. The van der Waals surface area contributed by atoms with E-state index in [0.717, 1.165) is 58.2 Å². The first-order chi connectivity index (χ1) is 16.4. The van der Waals surface area contributed by atoms with Crippen molar-refractivity contribution < 1.29 is 4.79 Å². The van der Waals surface area contributed by atoms with Crippen LogP contribution in [0, 0.1) is 6.92 Å². The first-order valence-corrected chi connectivity index (χ1v) is 12.1. The fourth-order valence-electron chi connectivity index (χ4n) is 4.24. The Morgan fingerprint density at radius 3 is 2.03 bits per heavy atom. The molecule has 0 saturated carbocycles. The number of nitrogens with zero attached hydrogens (tertiary/aromatic N) is 2. The standard InChI is InChI=1S/C30H31ClN2O/c1-22-7-6-8-27(21-22)33-28(18-19-29(33)24-14-16-26(31)17-15-24)23-10-12-25(13-11-23)30(34)9-4-5-20-32(2)3/h6-8,10-19,21H,4-5,9,20H2,1-3H3. The van der Waals surface area contributed by atoms with E-state index in [-0.39, 0.29) is 5.78 Å². The van der Waals surface area contributed by atoms with E-state index < -0.39 is 0 Å². The summed E-state index contributed by atoms with van der Waals surface area (Å²) in [5, 5.41) is 0.722. The lowest BCUT2D eigenvalue weighted by Gasteiger charge is -2.15. The summed E-state index contributed by atoms with van der Waals surface area (Å²) in [5.74, 6) is 0.209. The average Bonchev–Trinajstić information content (AvgIpc) is 3.27. The van der Waals surface area contributed by atoms with Crippen LogP contribution in [-0.4, -0.2) is 35.9 Å². The second kappa shape index (κ2) is 10.9. The van der Waals surface area contributed by atoms with Gasteiger partial charge in [-0.2, -0.15) is 0 Å². The highest BCUT2D eigenvalue weighted by Crippen LogP contribution is 2.33. The quantitative estimate of drug-likeness (QED) is 0.185. The van der Waals surface area contributed by atoms with Gasteiger partial charge in [0.15, 0.2) is 5.78 Å². The Morgan fingerprint density at radius 1 is 0.824 bits per heavy atom. The van der Waals surface area contributed by atoms with Crippen molar-refractivity contribution in [1.29, 1.82) is 0 Å². The highest BCUT2D eigenvalue weighted by atomic mass is 35.5. The minimum atomic E-state index is 0.209. The molecule has 0 unspecified atom stereocenters. The molecule has 0 aliphatic rings. The monoisotopic (exact) mass is 470 g/mol. The first kappa shape index (κ1) is 24.0. The Morgan fingerprint density at radius 2 is 1.44 bits per heavy atom. The molecule has 3 nitrogen and oxygen atoms in total. The maximum Gasteiger partial charge on any atom is 0.162 e. The van der Waals surface area contributed by atoms with Crippen molar-refractivity contribution in [3.63, 3.8) is 0 Å². The van der Waals surface area contributed by atoms with Crippen molar-refractivity contribution in [3.8, 4) is 28.2 Å². The zero-order valence-corrected chi connectivity index (χ0v) is 20.8. The summed E-state index contributed by atoms with van der Waals surface area (Å²) < 4.78 is 2.27. The number of aryl methyl sites for hydroxylation is 1. The Bertz CT molecular complexity index is 1250. The van der Waals surface area contributed by atoms with Crippen molar-refractivity contribution in [2.75, 3.05) is 20.6 Å². The summed E-state index contributed by atoms with van der Waals surface area (Å²) in [4.78, 5) is 14.8. The maximum atomic E-state index is 12.7. The Kier molecular flexibility index (Phi) is 7.66. The van der Waals surface area contributed by atoms with Gasteiger partial charge in [-0.15, -0.1) is 0 Å². The third-order valence-corrected chi connectivity index (χ3v) is 6.29. The van der Waals surface area contributed by atoms with Crippen LogP contribution in [0.4, 0.5) is 0 Å². The first-order valence-electron chi connectivity index (χ1n) is 11.8. The molecule has 0 bridgehead atoms. The van der Waals surface area contributed by atoms with Crippen molar-refractivity contribution in [2.45, 2.75) is 26.2 Å². The van der Waals surface area contributed by atoms with E-state index in [2.05, 4.69) is 79.0 Å². The van der Waals surface area contributed by atoms with Crippen LogP contribution in [0.5, 0.6) is 0 Å². The molecule has 0 fully saturated rings. The SMILES string of the molecule is Cc1cccc(-n2c(-c3ccc(Cl)cc3)ccc2-c2ccc(C(=O)CCCCN(C)C)cc2)c1. The van der Waals surface area contributed by atoms with Crippen molar-refractivity contribution >= 4 is 17.4 Å². The molecule has 0 radical (unpaired) electrons. The number of carbonyl (C=O) groups is 1. The molecule has 3 aromatic carbocycles. The van der Waals surface area contributed by atoms with E-state index in [1.165, 1.54) is 5.56 Å². The van der Waals surface area contributed by atoms with E-state index in [1.807, 2.05) is 36.4 Å². The van der Waals surface area contributed by atoms with Crippen LogP contribution < -0.4 is 0 Å². The van der Waals surface area contributed by atoms with E-state index in [9.17, 15) is 4.79 Å². The molecule has 0 spiro atoms. The molecule has 1 aromatic heterocycles. The highest BCUT2D eigenvalue weighted by Gasteiger charge is 2.15. The lowest BCUT2D eigenvalue weighted by Crippen LogP contribution is -2.13. The third-order valence-electron chi connectivity index (χ3n) is 6.04. The molecule has 0 amide bonds. The van der Waals surface area contributed by atoms with Crippen LogP contribution in [0.15, 0.2) is 84.9 Å². The zero-order valence-electron chi connectivity index (χ0n) is 20.1. The van der Waals surface area contributed by atoms with Gasteiger partial charge in [0.1, 0.15) is 0 Å². The van der Waals surface area contributed by atoms with Crippen LogP contribution in [0.1, 0.15) is 35.2 Å². The van der Waals surface area contributed by atoms with Crippen LogP contribution in [0.3, 0.4) is 0 Å². The van der Waals surface area contributed by atoms with Crippen molar-refractivity contribution in [3.05, 3.63) is 101 Å². The van der Waals surface area contributed by atoms with Gasteiger partial charge in [-0.1, -0.05) is 60.1 Å². The van der Waals surface area contributed by atoms with E-state index in [0.29, 0.717) is 6.42 Å². The number of carbonyl (C=O) groups excluding carboxylic acids is 1.